The normalized spacial score (nSPS) is 34.0. The molecule has 1 saturated heterocycles. The van der Waals surface area contributed by atoms with E-state index in [0.717, 1.165) is 12.0 Å². The van der Waals surface area contributed by atoms with Crippen LogP contribution in [0.5, 0.6) is 0 Å². The highest BCUT2D eigenvalue weighted by molar-refractivity contribution is 8.99. The predicted octanol–water partition coefficient (Wildman–Crippen LogP) is 5.86. The van der Waals surface area contributed by atoms with Gasteiger partial charge in [0.1, 0.15) is 5.72 Å². The Hall–Kier alpha value is -0.120. The molecular formula is C15H15F5NOPS3. The topological polar surface area (TPSA) is 35.2 Å². The van der Waals surface area contributed by atoms with Gasteiger partial charge in [0.2, 0.25) is 5.82 Å². The summed E-state index contributed by atoms with van der Waals surface area (Å²) in [5.41, 5.74) is 6.23. The fraction of sp³-hybridized carbons (Fsp3) is 0.467. The van der Waals surface area contributed by atoms with Crippen molar-refractivity contribution in [2.75, 3.05) is 0 Å². The number of rotatable bonds is 3. The van der Waals surface area contributed by atoms with Crippen LogP contribution in [-0.2, 0) is 16.3 Å². The Morgan fingerprint density at radius 1 is 1.23 bits per heavy atom. The van der Waals surface area contributed by atoms with Crippen molar-refractivity contribution in [3.05, 3.63) is 41.2 Å². The molecule has 0 radical (unpaired) electrons. The van der Waals surface area contributed by atoms with Crippen LogP contribution in [-0.4, -0.2) is 11.0 Å². The van der Waals surface area contributed by atoms with Gasteiger partial charge in [0.05, 0.1) is 10.1 Å². The molecule has 2 nitrogen and oxygen atoms in total. The second kappa shape index (κ2) is 7.04. The van der Waals surface area contributed by atoms with Crippen LogP contribution in [0, 0.1) is 35.0 Å². The Morgan fingerprint density at radius 3 is 2.31 bits per heavy atom. The highest BCUT2D eigenvalue weighted by atomic mass is 33.2. The lowest BCUT2D eigenvalue weighted by Crippen LogP contribution is -2.51. The van der Waals surface area contributed by atoms with E-state index < -0.39 is 44.4 Å². The molecule has 1 saturated carbocycles. The molecule has 0 unspecified atom stereocenters. The van der Waals surface area contributed by atoms with Gasteiger partial charge in [-0.25, -0.2) is 22.0 Å². The minimum absolute atomic E-state index is 0.224. The molecule has 2 aliphatic rings. The molecule has 2 N–H and O–H groups in total. The Balaban J connectivity index is 1.91. The smallest absolute Gasteiger partial charge is 0.200 e. The maximum Gasteiger partial charge on any atom is 0.200 e. The third-order valence-electron chi connectivity index (χ3n) is 4.53. The average Bonchev–Trinajstić information content (AvgIpc) is 2.84. The van der Waals surface area contributed by atoms with Gasteiger partial charge in [0, 0.05) is 0 Å². The van der Waals surface area contributed by atoms with Crippen LogP contribution in [0.15, 0.2) is 17.0 Å². The minimum atomic E-state index is -3.05. The molecule has 1 heterocycles. The fourth-order valence-electron chi connectivity index (χ4n) is 3.02. The lowest BCUT2D eigenvalue weighted by Gasteiger charge is -2.37. The molecule has 0 amide bonds. The molecule has 1 aliphatic heterocycles. The zero-order valence-corrected chi connectivity index (χ0v) is 16.9. The van der Waals surface area contributed by atoms with Crippen molar-refractivity contribution >= 4 is 39.2 Å². The lowest BCUT2D eigenvalue weighted by molar-refractivity contribution is 0.0570. The summed E-state index contributed by atoms with van der Waals surface area (Å²) in [4.78, 5) is -1.02. The molecule has 1 aliphatic carbocycles. The van der Waals surface area contributed by atoms with Crippen LogP contribution < -0.4 is 5.73 Å². The van der Waals surface area contributed by atoms with Crippen molar-refractivity contribution in [3.63, 3.8) is 0 Å². The summed E-state index contributed by atoms with van der Waals surface area (Å²) in [6.45, 7) is 5.85. The van der Waals surface area contributed by atoms with E-state index in [9.17, 15) is 22.0 Å². The van der Waals surface area contributed by atoms with Crippen molar-refractivity contribution in [1.82, 2.24) is 0 Å². The van der Waals surface area contributed by atoms with E-state index >= 15 is 0 Å². The Bertz CT molecular complexity index is 809. The zero-order valence-electron chi connectivity index (χ0n) is 13.5. The third kappa shape index (κ3) is 3.49. The highest BCUT2D eigenvalue weighted by Crippen LogP contribution is 2.81. The number of halogens is 5. The number of hydrogen-bond acceptors (Lipinski definition) is 5. The second-order valence-corrected chi connectivity index (χ2v) is 16.7. The van der Waals surface area contributed by atoms with Crippen LogP contribution in [0.2, 0.25) is 0 Å². The lowest BCUT2D eigenvalue weighted by atomic mass is 9.80. The Kier molecular flexibility index (Phi) is 5.58. The molecule has 4 atom stereocenters. The molecule has 26 heavy (non-hydrogen) atoms. The van der Waals surface area contributed by atoms with Gasteiger partial charge in [0.25, 0.3) is 0 Å². The molecule has 0 aromatic heterocycles. The first-order valence-corrected chi connectivity index (χ1v) is 13.2. The van der Waals surface area contributed by atoms with Gasteiger partial charge in [-0.1, -0.05) is 23.5 Å². The van der Waals surface area contributed by atoms with E-state index in [2.05, 4.69) is 6.58 Å². The van der Waals surface area contributed by atoms with Crippen molar-refractivity contribution in [2.45, 2.75) is 42.1 Å². The van der Waals surface area contributed by atoms with Gasteiger partial charge < -0.3 is 10.3 Å². The summed E-state index contributed by atoms with van der Waals surface area (Å²) < 4.78 is 70.8. The second-order valence-electron chi connectivity index (χ2n) is 6.40. The average molecular weight is 447 g/mol. The summed E-state index contributed by atoms with van der Waals surface area (Å²) in [7, 11) is 0. The molecule has 11 heteroatoms. The van der Waals surface area contributed by atoms with Gasteiger partial charge in [-0.05, 0) is 55.3 Å². The van der Waals surface area contributed by atoms with Crippen molar-refractivity contribution in [2.24, 2.45) is 11.7 Å². The predicted molar refractivity (Wildman–Crippen MR) is 97.9 cm³/mol. The molecule has 3 rings (SSSR count). The maximum absolute atomic E-state index is 14.0. The Morgan fingerprint density at radius 2 is 1.77 bits per heavy atom. The number of nitrogens with two attached hydrogens (primary N) is 1. The molecule has 0 spiro atoms. The highest BCUT2D eigenvalue weighted by Gasteiger charge is 2.54. The van der Waals surface area contributed by atoms with Crippen LogP contribution in [0.4, 0.5) is 22.0 Å². The van der Waals surface area contributed by atoms with E-state index in [1.807, 2.05) is 6.92 Å². The quantitative estimate of drug-likeness (QED) is 0.206. The zero-order chi connectivity index (χ0) is 19.4. The standard InChI is InChI=1S/C15H15F5NOPS3/c1-6(2)7-3-4-15(21)8(5-7)25-23(24,22-15)26-14-12(19)10(17)9(16)11(18)13(14)20/h7-8H,1,3-5,21H2,2H3/t7-,8+,15+,23-/m1/s1. The first-order chi connectivity index (χ1) is 12.0. The van der Waals surface area contributed by atoms with Gasteiger partial charge in [-0.3, -0.25) is 0 Å². The van der Waals surface area contributed by atoms with E-state index in [-0.39, 0.29) is 11.2 Å². The van der Waals surface area contributed by atoms with Gasteiger partial charge >= 0.3 is 0 Å². The fourth-order valence-corrected chi connectivity index (χ4v) is 13.5. The van der Waals surface area contributed by atoms with E-state index in [1.165, 1.54) is 11.4 Å². The number of hydrogen-bond donors (Lipinski definition) is 1. The van der Waals surface area contributed by atoms with Crippen LogP contribution in [0.1, 0.15) is 26.2 Å². The summed E-state index contributed by atoms with van der Waals surface area (Å²) in [5, 5.41) is -0.224. The van der Waals surface area contributed by atoms with Gasteiger partial charge in [-0.15, -0.1) is 0 Å². The summed E-state index contributed by atoms with van der Waals surface area (Å²) in [6.07, 6.45) is 1.87. The summed E-state index contributed by atoms with van der Waals surface area (Å²) in [5.74, 6) is -9.78. The van der Waals surface area contributed by atoms with Gasteiger partial charge in [0.15, 0.2) is 27.9 Å². The largest absolute Gasteiger partial charge is 0.311 e. The maximum atomic E-state index is 14.0. The minimum Gasteiger partial charge on any atom is -0.311 e. The molecular weight excluding hydrogens is 432 g/mol. The Labute approximate surface area is 160 Å². The SMILES string of the molecule is C=C(C)[C@@H]1CC[C@]2(N)O[P@](=S)(Sc3c(F)c(F)c(F)c(F)c3F)S[C@H]2C1. The number of allylic oxidation sites excluding steroid dienone is 1. The summed E-state index contributed by atoms with van der Waals surface area (Å²) in [6, 6.07) is 0. The van der Waals surface area contributed by atoms with Crippen LogP contribution in [0.3, 0.4) is 0 Å². The van der Waals surface area contributed by atoms with E-state index in [4.69, 9.17) is 22.1 Å². The third-order valence-corrected chi connectivity index (χ3v) is 13.3. The van der Waals surface area contributed by atoms with Crippen LogP contribution in [0.25, 0.3) is 0 Å². The summed E-state index contributed by atoms with van der Waals surface area (Å²) >= 11 is 6.98. The molecule has 1 aromatic carbocycles. The van der Waals surface area contributed by atoms with Crippen LogP contribution >= 0.6 is 27.4 Å². The van der Waals surface area contributed by atoms with E-state index in [0.29, 0.717) is 24.2 Å². The van der Waals surface area contributed by atoms with Crippen molar-refractivity contribution < 1.29 is 26.5 Å². The monoisotopic (exact) mass is 447 g/mol. The first kappa shape index (κ1) is 20.6. The molecule has 144 valence electrons. The molecule has 1 aromatic rings. The molecule has 0 bridgehead atoms. The number of benzene rings is 1. The van der Waals surface area contributed by atoms with E-state index in [1.54, 1.807) is 0 Å². The first-order valence-electron chi connectivity index (χ1n) is 7.62. The van der Waals surface area contributed by atoms with Crippen molar-refractivity contribution in [1.29, 1.82) is 0 Å². The molecule has 2 fully saturated rings. The number of fused-ring (bicyclic) bond motifs is 1. The van der Waals surface area contributed by atoms with Gasteiger partial charge in [-0.2, -0.15) is 0 Å². The van der Waals surface area contributed by atoms with Crippen molar-refractivity contribution in [3.8, 4) is 0 Å².